The number of rotatable bonds is 2. The number of tetrazole rings is 1. The lowest BCUT2D eigenvalue weighted by molar-refractivity contribution is 0.417. The van der Waals surface area contributed by atoms with Crippen LogP contribution < -0.4 is 10.5 Å². The number of aromatic nitrogens is 4. The molecular formula is C12H17N5O. The number of nitrogens with two attached hydrogens (primary N) is 1. The summed E-state index contributed by atoms with van der Waals surface area (Å²) in [7, 11) is 1.59. The molecule has 0 aliphatic heterocycles. The number of hydrogen-bond acceptors (Lipinski definition) is 5. The van der Waals surface area contributed by atoms with Gasteiger partial charge in [-0.2, -0.15) is 4.68 Å². The fourth-order valence-electron chi connectivity index (χ4n) is 1.68. The van der Waals surface area contributed by atoms with Gasteiger partial charge in [0.25, 0.3) is 0 Å². The van der Waals surface area contributed by atoms with Gasteiger partial charge >= 0.3 is 0 Å². The smallest absolute Gasteiger partial charge is 0.162 e. The van der Waals surface area contributed by atoms with Crippen LogP contribution in [0.2, 0.25) is 0 Å². The molecular weight excluding hydrogens is 230 g/mol. The van der Waals surface area contributed by atoms with Crippen molar-refractivity contribution in [3.8, 4) is 11.4 Å². The molecule has 0 unspecified atom stereocenters. The van der Waals surface area contributed by atoms with Gasteiger partial charge in [0.05, 0.1) is 18.5 Å². The molecule has 0 fully saturated rings. The average Bonchev–Trinajstić information content (AvgIpc) is 2.77. The molecule has 0 aliphatic rings. The molecule has 0 amide bonds. The molecule has 2 rings (SSSR count). The summed E-state index contributed by atoms with van der Waals surface area (Å²) in [4.78, 5) is 0. The largest absolute Gasteiger partial charge is 0.495 e. The Morgan fingerprint density at radius 1 is 1.28 bits per heavy atom. The Balaban J connectivity index is 2.50. The van der Waals surface area contributed by atoms with E-state index in [0.717, 1.165) is 11.5 Å². The highest BCUT2D eigenvalue weighted by atomic mass is 16.5. The highest BCUT2D eigenvalue weighted by molar-refractivity contribution is 5.58. The summed E-state index contributed by atoms with van der Waals surface area (Å²) < 4.78 is 6.82. The monoisotopic (exact) mass is 247 g/mol. The van der Waals surface area contributed by atoms with E-state index >= 15 is 0 Å². The molecule has 0 aliphatic carbocycles. The first kappa shape index (κ1) is 12.3. The van der Waals surface area contributed by atoms with Gasteiger partial charge in [0.2, 0.25) is 0 Å². The van der Waals surface area contributed by atoms with E-state index in [-0.39, 0.29) is 5.41 Å². The predicted octanol–water partition coefficient (Wildman–Crippen LogP) is 1.55. The third kappa shape index (κ3) is 2.13. The number of hydrogen-bond donors (Lipinski definition) is 1. The third-order valence-corrected chi connectivity index (χ3v) is 2.60. The quantitative estimate of drug-likeness (QED) is 0.814. The normalized spacial score (nSPS) is 11.6. The van der Waals surface area contributed by atoms with E-state index in [4.69, 9.17) is 10.5 Å². The van der Waals surface area contributed by atoms with E-state index in [0.29, 0.717) is 11.4 Å². The molecule has 0 saturated carbocycles. The Labute approximate surface area is 106 Å². The zero-order valence-corrected chi connectivity index (χ0v) is 11.0. The van der Waals surface area contributed by atoms with Crippen molar-refractivity contribution >= 4 is 5.69 Å². The van der Waals surface area contributed by atoms with Gasteiger partial charge in [-0.05, 0) is 28.6 Å². The van der Waals surface area contributed by atoms with Crippen LogP contribution in [0.25, 0.3) is 5.69 Å². The number of anilines is 1. The first-order chi connectivity index (χ1) is 8.43. The third-order valence-electron chi connectivity index (χ3n) is 2.60. The number of ether oxygens (including phenoxy) is 1. The van der Waals surface area contributed by atoms with E-state index in [1.54, 1.807) is 23.9 Å². The Morgan fingerprint density at radius 2 is 2.00 bits per heavy atom. The van der Waals surface area contributed by atoms with E-state index in [9.17, 15) is 0 Å². The first-order valence-electron chi connectivity index (χ1n) is 5.66. The minimum atomic E-state index is -0.141. The van der Waals surface area contributed by atoms with Crippen molar-refractivity contribution in [3.63, 3.8) is 0 Å². The summed E-state index contributed by atoms with van der Waals surface area (Å²) in [5.74, 6) is 1.43. The maximum atomic E-state index is 5.89. The molecule has 1 heterocycles. The zero-order chi connectivity index (χ0) is 13.3. The van der Waals surface area contributed by atoms with Crippen LogP contribution in [0.4, 0.5) is 5.69 Å². The maximum Gasteiger partial charge on any atom is 0.162 e. The van der Waals surface area contributed by atoms with Crippen LogP contribution in [0, 0.1) is 0 Å². The second kappa shape index (κ2) is 4.29. The van der Waals surface area contributed by atoms with Crippen LogP contribution in [0.1, 0.15) is 26.6 Å². The van der Waals surface area contributed by atoms with Crippen LogP contribution in [0.15, 0.2) is 18.2 Å². The lowest BCUT2D eigenvalue weighted by atomic mass is 9.96. The number of nitrogens with zero attached hydrogens (tertiary/aromatic N) is 4. The van der Waals surface area contributed by atoms with Crippen molar-refractivity contribution in [2.45, 2.75) is 26.2 Å². The van der Waals surface area contributed by atoms with Crippen LogP contribution >= 0.6 is 0 Å². The molecule has 1 aromatic heterocycles. The lowest BCUT2D eigenvalue weighted by Gasteiger charge is -2.17. The van der Waals surface area contributed by atoms with Gasteiger partial charge in [-0.3, -0.25) is 0 Å². The number of nitrogen functional groups attached to an aromatic ring is 1. The van der Waals surface area contributed by atoms with E-state index in [1.165, 1.54) is 0 Å². The maximum absolute atomic E-state index is 5.89. The first-order valence-corrected chi connectivity index (χ1v) is 5.66. The molecule has 0 saturated heterocycles. The SMILES string of the molecule is COc1ccc(-n2nnnc2C(C)(C)C)cc1N. The van der Waals surface area contributed by atoms with Gasteiger partial charge in [-0.1, -0.05) is 20.8 Å². The Bertz CT molecular complexity index is 556. The van der Waals surface area contributed by atoms with Gasteiger partial charge in [0, 0.05) is 5.41 Å². The fourth-order valence-corrected chi connectivity index (χ4v) is 1.68. The highest BCUT2D eigenvalue weighted by Crippen LogP contribution is 2.26. The molecule has 2 N–H and O–H groups in total. The van der Waals surface area contributed by atoms with Gasteiger partial charge in [0.15, 0.2) is 5.82 Å². The van der Waals surface area contributed by atoms with Crippen molar-refractivity contribution in [2.24, 2.45) is 0 Å². The van der Waals surface area contributed by atoms with Gasteiger partial charge in [0.1, 0.15) is 5.75 Å². The molecule has 6 heteroatoms. The van der Waals surface area contributed by atoms with Gasteiger partial charge in [-0.15, -0.1) is 5.10 Å². The van der Waals surface area contributed by atoms with Crippen molar-refractivity contribution in [1.29, 1.82) is 0 Å². The molecule has 1 aromatic carbocycles. The van der Waals surface area contributed by atoms with Crippen LogP contribution in [-0.2, 0) is 5.41 Å². The summed E-state index contributed by atoms with van der Waals surface area (Å²) in [6.07, 6.45) is 0. The van der Waals surface area contributed by atoms with Gasteiger partial charge < -0.3 is 10.5 Å². The molecule has 0 atom stereocenters. The summed E-state index contributed by atoms with van der Waals surface area (Å²) >= 11 is 0. The van der Waals surface area contributed by atoms with Crippen molar-refractivity contribution in [1.82, 2.24) is 20.2 Å². The molecule has 0 spiro atoms. The van der Waals surface area contributed by atoms with Crippen LogP contribution in [-0.4, -0.2) is 27.3 Å². The minimum absolute atomic E-state index is 0.141. The van der Waals surface area contributed by atoms with Gasteiger partial charge in [-0.25, -0.2) is 0 Å². The van der Waals surface area contributed by atoms with E-state index < -0.39 is 0 Å². The van der Waals surface area contributed by atoms with Crippen molar-refractivity contribution in [2.75, 3.05) is 12.8 Å². The second-order valence-electron chi connectivity index (χ2n) is 5.09. The van der Waals surface area contributed by atoms with Crippen molar-refractivity contribution in [3.05, 3.63) is 24.0 Å². The second-order valence-corrected chi connectivity index (χ2v) is 5.09. The standard InChI is InChI=1S/C12H17N5O/c1-12(2,3)11-14-15-16-17(11)8-5-6-10(18-4)9(13)7-8/h5-7H,13H2,1-4H3. The fraction of sp³-hybridized carbons (Fsp3) is 0.417. The molecule has 0 radical (unpaired) electrons. The topological polar surface area (TPSA) is 78.8 Å². The molecule has 2 aromatic rings. The summed E-state index contributed by atoms with van der Waals surface area (Å²) in [6, 6.07) is 5.48. The molecule has 96 valence electrons. The molecule has 0 bridgehead atoms. The van der Waals surface area contributed by atoms with E-state index in [1.807, 2.05) is 6.07 Å². The number of methoxy groups -OCH3 is 1. The summed E-state index contributed by atoms with van der Waals surface area (Å²) in [5, 5.41) is 11.8. The highest BCUT2D eigenvalue weighted by Gasteiger charge is 2.22. The Morgan fingerprint density at radius 3 is 2.56 bits per heavy atom. The minimum Gasteiger partial charge on any atom is -0.495 e. The Hall–Kier alpha value is -2.11. The molecule has 6 nitrogen and oxygen atoms in total. The lowest BCUT2D eigenvalue weighted by Crippen LogP contribution is -2.19. The Kier molecular flexibility index (Phi) is 2.94. The average molecular weight is 247 g/mol. The summed E-state index contributed by atoms with van der Waals surface area (Å²) in [5.41, 5.74) is 7.13. The van der Waals surface area contributed by atoms with Crippen LogP contribution in [0.3, 0.4) is 0 Å². The van der Waals surface area contributed by atoms with E-state index in [2.05, 4.69) is 36.3 Å². The summed E-state index contributed by atoms with van der Waals surface area (Å²) in [6.45, 7) is 6.17. The van der Waals surface area contributed by atoms with Crippen molar-refractivity contribution < 1.29 is 4.74 Å². The number of benzene rings is 1. The van der Waals surface area contributed by atoms with Crippen LogP contribution in [0.5, 0.6) is 5.75 Å². The predicted molar refractivity (Wildman–Crippen MR) is 68.8 cm³/mol. The zero-order valence-electron chi connectivity index (χ0n) is 11.0. The molecule has 18 heavy (non-hydrogen) atoms.